The summed E-state index contributed by atoms with van der Waals surface area (Å²) in [6.07, 6.45) is 8.69. The number of fused-ring (bicyclic) bond motifs is 2. The molecule has 0 atom stereocenters. The molecule has 0 radical (unpaired) electrons. The summed E-state index contributed by atoms with van der Waals surface area (Å²) in [5.74, 6) is -0.245. The van der Waals surface area contributed by atoms with Gasteiger partial charge in [-0.3, -0.25) is 5.43 Å². The van der Waals surface area contributed by atoms with Crippen LogP contribution in [-0.2, 0) is 4.74 Å². The number of ether oxygens (including phenoxy) is 1. The Balaban J connectivity index is 1.73. The average molecular weight is 321 g/mol. The first-order valence-electron chi connectivity index (χ1n) is 8.13. The molecular weight excluding hydrogens is 305 g/mol. The standard InChI is InChI=1S/C19H16FN3O/c20-13-7-12-1-2-17-18(12)14(8-13)16-10-24-9-15(19(16)23-22-17)11-3-5-21-6-4-11/h1-3,7-8,10,21,23H,4-6,9H2. The van der Waals surface area contributed by atoms with Crippen LogP contribution in [0.5, 0.6) is 0 Å². The van der Waals surface area contributed by atoms with Crippen molar-refractivity contribution in [3.8, 4) is 0 Å². The van der Waals surface area contributed by atoms with Gasteiger partial charge in [0.15, 0.2) is 0 Å². The molecule has 5 heteroatoms. The first-order valence-corrected chi connectivity index (χ1v) is 8.13. The predicted molar refractivity (Wildman–Crippen MR) is 91.6 cm³/mol. The molecule has 0 spiro atoms. The van der Waals surface area contributed by atoms with Gasteiger partial charge in [-0.15, -0.1) is 0 Å². The van der Waals surface area contributed by atoms with E-state index in [1.54, 1.807) is 18.4 Å². The van der Waals surface area contributed by atoms with E-state index >= 15 is 0 Å². The molecule has 0 fully saturated rings. The van der Waals surface area contributed by atoms with Gasteiger partial charge in [0.25, 0.3) is 0 Å². The largest absolute Gasteiger partial charge is 0.496 e. The zero-order valence-corrected chi connectivity index (χ0v) is 13.0. The Morgan fingerprint density at radius 3 is 3.04 bits per heavy atom. The minimum absolute atomic E-state index is 0.245. The van der Waals surface area contributed by atoms with Crippen LogP contribution in [0.3, 0.4) is 0 Å². The third kappa shape index (κ3) is 1.98. The van der Waals surface area contributed by atoms with Crippen LogP contribution in [0.15, 0.2) is 52.5 Å². The Kier molecular flexibility index (Phi) is 2.97. The molecule has 3 aliphatic heterocycles. The quantitative estimate of drug-likeness (QED) is 0.836. The Labute approximate surface area is 139 Å². The third-order valence-corrected chi connectivity index (χ3v) is 4.84. The lowest BCUT2D eigenvalue weighted by Gasteiger charge is -2.25. The lowest BCUT2D eigenvalue weighted by Crippen LogP contribution is -2.24. The van der Waals surface area contributed by atoms with Gasteiger partial charge in [0.05, 0.1) is 17.7 Å². The monoisotopic (exact) mass is 321 g/mol. The van der Waals surface area contributed by atoms with E-state index in [9.17, 15) is 4.39 Å². The van der Waals surface area contributed by atoms with Gasteiger partial charge >= 0.3 is 0 Å². The number of nitrogens with zero attached hydrogens (tertiary/aromatic N) is 1. The maximum atomic E-state index is 14.1. The van der Waals surface area contributed by atoms with E-state index < -0.39 is 0 Å². The summed E-state index contributed by atoms with van der Waals surface area (Å²) in [6, 6.07) is 3.12. The van der Waals surface area contributed by atoms with Crippen molar-refractivity contribution in [2.45, 2.75) is 6.42 Å². The molecule has 1 aromatic rings. The number of rotatable bonds is 1. The summed E-state index contributed by atoms with van der Waals surface area (Å²) in [5, 5.41) is 7.88. The van der Waals surface area contributed by atoms with Crippen LogP contribution in [0.1, 0.15) is 23.1 Å². The Morgan fingerprint density at radius 1 is 1.21 bits per heavy atom. The van der Waals surface area contributed by atoms with E-state index in [0.717, 1.165) is 58.8 Å². The second-order valence-corrected chi connectivity index (χ2v) is 6.24. The fourth-order valence-corrected chi connectivity index (χ4v) is 3.70. The maximum absolute atomic E-state index is 14.1. The molecule has 120 valence electrons. The average Bonchev–Trinajstić information content (AvgIpc) is 2.94. The SMILES string of the molecule is Fc1cc2c3c(c1)C1=COCC(C4=CCNCC4)=C1NN=C3C=C2. The number of benzene rings is 1. The molecule has 2 N–H and O–H groups in total. The predicted octanol–water partition coefficient (Wildman–Crippen LogP) is 2.70. The van der Waals surface area contributed by atoms with Crippen molar-refractivity contribution in [3.63, 3.8) is 0 Å². The molecule has 0 saturated heterocycles. The molecule has 24 heavy (non-hydrogen) atoms. The number of hydrogen-bond donors (Lipinski definition) is 2. The molecule has 0 amide bonds. The molecule has 0 aromatic heterocycles. The summed E-state index contributed by atoms with van der Waals surface area (Å²) < 4.78 is 19.8. The van der Waals surface area contributed by atoms with Crippen LogP contribution >= 0.6 is 0 Å². The summed E-state index contributed by atoms with van der Waals surface area (Å²) in [5.41, 5.74) is 10.9. The molecule has 4 nitrogen and oxygen atoms in total. The van der Waals surface area contributed by atoms with Crippen LogP contribution in [0.4, 0.5) is 4.39 Å². The fourth-order valence-electron chi connectivity index (χ4n) is 3.70. The van der Waals surface area contributed by atoms with Gasteiger partial charge in [-0.2, -0.15) is 5.10 Å². The topological polar surface area (TPSA) is 45.6 Å². The third-order valence-electron chi connectivity index (χ3n) is 4.84. The van der Waals surface area contributed by atoms with Gasteiger partial charge in [0.2, 0.25) is 0 Å². The van der Waals surface area contributed by atoms with Gasteiger partial charge in [-0.05, 0) is 47.9 Å². The number of halogens is 1. The van der Waals surface area contributed by atoms with Gasteiger partial charge in [-0.25, -0.2) is 4.39 Å². The normalized spacial score (nSPS) is 21.0. The zero-order chi connectivity index (χ0) is 16.1. The van der Waals surface area contributed by atoms with Gasteiger partial charge < -0.3 is 10.1 Å². The van der Waals surface area contributed by atoms with Crippen molar-refractivity contribution < 1.29 is 9.13 Å². The lowest BCUT2D eigenvalue weighted by atomic mass is 9.89. The first kappa shape index (κ1) is 13.7. The molecule has 0 saturated carbocycles. The highest BCUT2D eigenvalue weighted by Gasteiger charge is 2.29. The Bertz CT molecular complexity index is 905. The van der Waals surface area contributed by atoms with E-state index in [2.05, 4.69) is 21.9 Å². The van der Waals surface area contributed by atoms with Crippen molar-refractivity contribution in [1.82, 2.24) is 10.7 Å². The smallest absolute Gasteiger partial charge is 0.124 e. The molecule has 5 rings (SSSR count). The van der Waals surface area contributed by atoms with Crippen LogP contribution in [0.25, 0.3) is 11.6 Å². The van der Waals surface area contributed by atoms with Crippen LogP contribution in [-0.4, -0.2) is 25.4 Å². The van der Waals surface area contributed by atoms with Crippen molar-refractivity contribution >= 4 is 17.4 Å². The van der Waals surface area contributed by atoms with E-state index in [4.69, 9.17) is 4.74 Å². The second kappa shape index (κ2) is 5.18. The highest BCUT2D eigenvalue weighted by atomic mass is 19.1. The number of allylic oxidation sites excluding steroid dienone is 2. The molecule has 0 unspecified atom stereocenters. The van der Waals surface area contributed by atoms with E-state index in [1.165, 1.54) is 5.57 Å². The molecule has 4 aliphatic rings. The fraction of sp³-hybridized carbons (Fsp3) is 0.211. The van der Waals surface area contributed by atoms with Crippen LogP contribution in [0, 0.1) is 5.82 Å². The summed E-state index contributed by atoms with van der Waals surface area (Å²) in [4.78, 5) is 0. The highest BCUT2D eigenvalue weighted by molar-refractivity contribution is 6.20. The number of nitrogens with one attached hydrogen (secondary N) is 2. The first-order chi connectivity index (χ1) is 11.8. The van der Waals surface area contributed by atoms with Gasteiger partial charge in [0, 0.05) is 23.3 Å². The number of hydrogen-bond acceptors (Lipinski definition) is 4. The van der Waals surface area contributed by atoms with E-state index in [0.29, 0.717) is 6.61 Å². The van der Waals surface area contributed by atoms with Gasteiger partial charge in [-0.1, -0.05) is 12.2 Å². The summed E-state index contributed by atoms with van der Waals surface area (Å²) in [6.45, 7) is 2.32. The van der Waals surface area contributed by atoms with Crippen LogP contribution < -0.4 is 10.7 Å². The summed E-state index contributed by atoms with van der Waals surface area (Å²) >= 11 is 0. The molecule has 3 heterocycles. The Hall–Kier alpha value is -2.66. The van der Waals surface area contributed by atoms with Crippen molar-refractivity contribution in [2.75, 3.05) is 19.7 Å². The zero-order valence-electron chi connectivity index (χ0n) is 13.0. The van der Waals surface area contributed by atoms with E-state index in [1.807, 2.05) is 12.2 Å². The minimum atomic E-state index is -0.245. The Morgan fingerprint density at radius 2 is 2.17 bits per heavy atom. The van der Waals surface area contributed by atoms with Crippen LogP contribution in [0.2, 0.25) is 0 Å². The minimum Gasteiger partial charge on any atom is -0.496 e. The van der Waals surface area contributed by atoms with E-state index in [-0.39, 0.29) is 5.82 Å². The van der Waals surface area contributed by atoms with Crippen molar-refractivity contribution in [2.24, 2.45) is 5.10 Å². The maximum Gasteiger partial charge on any atom is 0.124 e. The van der Waals surface area contributed by atoms with Gasteiger partial charge in [0.1, 0.15) is 12.4 Å². The highest BCUT2D eigenvalue weighted by Crippen LogP contribution is 2.38. The number of hydrazone groups is 1. The lowest BCUT2D eigenvalue weighted by molar-refractivity contribution is 0.276. The van der Waals surface area contributed by atoms with Crippen molar-refractivity contribution in [1.29, 1.82) is 0 Å². The molecule has 1 aliphatic carbocycles. The summed E-state index contributed by atoms with van der Waals surface area (Å²) in [7, 11) is 0. The molecular formula is C19H16FN3O. The second-order valence-electron chi connectivity index (χ2n) is 6.24. The molecule has 1 aromatic carbocycles. The van der Waals surface area contributed by atoms with Crippen molar-refractivity contribution in [3.05, 3.63) is 69.9 Å². The molecule has 0 bridgehead atoms.